The van der Waals surface area contributed by atoms with Crippen molar-refractivity contribution in [3.63, 3.8) is 0 Å². The van der Waals surface area contributed by atoms with Crippen LogP contribution in [-0.2, 0) is 24.1 Å². The Morgan fingerprint density at radius 1 is 1.23 bits per heavy atom. The van der Waals surface area contributed by atoms with Gasteiger partial charge in [0.25, 0.3) is 5.91 Å². The smallest absolute Gasteiger partial charge is 0.250 e. The molecular formula is C23H30N4O3. The van der Waals surface area contributed by atoms with Gasteiger partial charge in [0.15, 0.2) is 0 Å². The van der Waals surface area contributed by atoms with Gasteiger partial charge in [-0.1, -0.05) is 24.3 Å². The van der Waals surface area contributed by atoms with E-state index in [0.29, 0.717) is 23.0 Å². The molecule has 0 spiro atoms. The molecule has 30 heavy (non-hydrogen) atoms. The van der Waals surface area contributed by atoms with Crippen molar-refractivity contribution in [2.75, 3.05) is 25.1 Å². The van der Waals surface area contributed by atoms with Gasteiger partial charge >= 0.3 is 0 Å². The highest BCUT2D eigenvalue weighted by molar-refractivity contribution is 5.94. The molecule has 2 aromatic rings. The van der Waals surface area contributed by atoms with E-state index in [1.165, 1.54) is 11.1 Å². The molecule has 1 aromatic heterocycles. The van der Waals surface area contributed by atoms with Gasteiger partial charge in [0, 0.05) is 38.8 Å². The highest BCUT2D eigenvalue weighted by Gasteiger charge is 2.26. The Labute approximate surface area is 177 Å². The Kier molecular flexibility index (Phi) is 6.62. The average Bonchev–Trinajstić information content (AvgIpc) is 2.78. The van der Waals surface area contributed by atoms with E-state index in [-0.39, 0.29) is 12.5 Å². The number of carbonyl (C=O) groups is 1. The Balaban J connectivity index is 1.44. The Hall–Kier alpha value is -2.48. The lowest BCUT2D eigenvalue weighted by Crippen LogP contribution is -2.45. The molecule has 7 nitrogen and oxygen atoms in total. The van der Waals surface area contributed by atoms with Gasteiger partial charge in [-0.25, -0.2) is 4.98 Å². The third kappa shape index (κ3) is 4.98. The molecule has 0 aliphatic carbocycles. The van der Waals surface area contributed by atoms with E-state index in [0.717, 1.165) is 45.6 Å². The van der Waals surface area contributed by atoms with Gasteiger partial charge < -0.3 is 26.2 Å². The van der Waals surface area contributed by atoms with Crippen molar-refractivity contribution in [3.05, 3.63) is 58.8 Å². The van der Waals surface area contributed by atoms with Crippen molar-refractivity contribution in [1.82, 2.24) is 10.3 Å². The number of aromatic nitrogens is 1. The quantitative estimate of drug-likeness (QED) is 0.552. The van der Waals surface area contributed by atoms with Crippen molar-refractivity contribution in [1.29, 1.82) is 0 Å². The standard InChI is InChI=1S/C23H30N4O3/c24-23(29)18-5-6-22(26-13-15-7-9-30-10-8-15)27-19(18)12-21(28)20-11-16-3-1-2-4-17(16)14-25-20/h1-6,15,20-21,25,28H,7-14H2,(H2,24,29)(H,26,27)/t20-,21+/m0/s1. The van der Waals surface area contributed by atoms with Crippen molar-refractivity contribution in [2.24, 2.45) is 11.7 Å². The lowest BCUT2D eigenvalue weighted by molar-refractivity contribution is 0.0699. The fourth-order valence-electron chi connectivity index (χ4n) is 4.27. The van der Waals surface area contributed by atoms with E-state index in [2.05, 4.69) is 27.8 Å². The second-order valence-corrected chi connectivity index (χ2v) is 8.22. The third-order valence-corrected chi connectivity index (χ3v) is 6.13. The van der Waals surface area contributed by atoms with Crippen LogP contribution in [0.5, 0.6) is 0 Å². The normalized spacial score (nSPS) is 20.4. The zero-order valence-electron chi connectivity index (χ0n) is 17.1. The largest absolute Gasteiger partial charge is 0.391 e. The first-order chi connectivity index (χ1) is 14.6. The number of carbonyl (C=O) groups excluding carboxylic acids is 1. The Bertz CT molecular complexity index is 883. The third-order valence-electron chi connectivity index (χ3n) is 6.13. The van der Waals surface area contributed by atoms with Crippen molar-refractivity contribution < 1.29 is 14.6 Å². The first kappa shape index (κ1) is 20.8. The van der Waals surface area contributed by atoms with Gasteiger partial charge in [0.2, 0.25) is 0 Å². The number of hydrogen-bond donors (Lipinski definition) is 4. The van der Waals surface area contributed by atoms with Crippen LogP contribution >= 0.6 is 0 Å². The molecule has 4 rings (SSSR count). The summed E-state index contributed by atoms with van der Waals surface area (Å²) in [6.45, 7) is 3.14. The van der Waals surface area contributed by atoms with Crippen LogP contribution in [0.4, 0.5) is 5.82 Å². The number of aliphatic hydroxyl groups is 1. The molecule has 2 aliphatic heterocycles. The minimum absolute atomic E-state index is 0.0960. The fraction of sp³-hybridized carbons (Fsp3) is 0.478. The fourth-order valence-corrected chi connectivity index (χ4v) is 4.27. The average molecular weight is 411 g/mol. The summed E-state index contributed by atoms with van der Waals surface area (Å²) in [6.07, 6.45) is 2.41. The molecular weight excluding hydrogens is 380 g/mol. The maximum absolute atomic E-state index is 11.9. The lowest BCUT2D eigenvalue weighted by Gasteiger charge is -2.30. The molecule has 2 aliphatic rings. The summed E-state index contributed by atoms with van der Waals surface area (Å²) in [4.78, 5) is 16.5. The summed E-state index contributed by atoms with van der Waals surface area (Å²) in [7, 11) is 0. The predicted octanol–water partition coefficient (Wildman–Crippen LogP) is 1.64. The Morgan fingerprint density at radius 3 is 2.77 bits per heavy atom. The predicted molar refractivity (Wildman–Crippen MR) is 115 cm³/mol. The van der Waals surface area contributed by atoms with E-state index in [9.17, 15) is 9.90 Å². The van der Waals surface area contributed by atoms with Crippen LogP contribution in [0, 0.1) is 5.92 Å². The molecule has 0 saturated carbocycles. The minimum atomic E-state index is -0.672. The molecule has 0 radical (unpaired) electrons. The summed E-state index contributed by atoms with van der Waals surface area (Å²) >= 11 is 0. The van der Waals surface area contributed by atoms with E-state index in [4.69, 9.17) is 10.5 Å². The number of anilines is 1. The summed E-state index contributed by atoms with van der Waals surface area (Å²) < 4.78 is 5.41. The van der Waals surface area contributed by atoms with E-state index < -0.39 is 12.0 Å². The maximum atomic E-state index is 11.9. The lowest BCUT2D eigenvalue weighted by atomic mass is 9.91. The van der Waals surface area contributed by atoms with Gasteiger partial charge in [-0.05, 0) is 48.4 Å². The minimum Gasteiger partial charge on any atom is -0.391 e. The number of nitrogens with zero attached hydrogens (tertiary/aromatic N) is 1. The van der Waals surface area contributed by atoms with Crippen LogP contribution in [0.25, 0.3) is 0 Å². The topological polar surface area (TPSA) is 110 Å². The van der Waals surface area contributed by atoms with Crippen LogP contribution in [0.2, 0.25) is 0 Å². The van der Waals surface area contributed by atoms with E-state index >= 15 is 0 Å². The number of primary amides is 1. The highest BCUT2D eigenvalue weighted by atomic mass is 16.5. The number of nitrogens with one attached hydrogen (secondary N) is 2. The number of aliphatic hydroxyl groups excluding tert-OH is 1. The molecule has 2 atom stereocenters. The molecule has 0 unspecified atom stereocenters. The number of pyridine rings is 1. The first-order valence-electron chi connectivity index (χ1n) is 10.7. The van der Waals surface area contributed by atoms with E-state index in [1.807, 2.05) is 12.1 Å². The summed E-state index contributed by atoms with van der Waals surface area (Å²) in [5, 5.41) is 17.7. The number of rotatable bonds is 7. The van der Waals surface area contributed by atoms with Crippen LogP contribution in [0.1, 0.15) is 40.0 Å². The number of ether oxygens (including phenoxy) is 1. The summed E-state index contributed by atoms with van der Waals surface area (Å²) in [6, 6.07) is 11.6. The number of nitrogens with two attached hydrogens (primary N) is 1. The summed E-state index contributed by atoms with van der Waals surface area (Å²) in [5.41, 5.74) is 8.97. The van der Waals surface area contributed by atoms with Crippen molar-refractivity contribution in [3.8, 4) is 0 Å². The first-order valence-corrected chi connectivity index (χ1v) is 10.7. The van der Waals surface area contributed by atoms with Crippen LogP contribution in [-0.4, -0.2) is 47.9 Å². The zero-order chi connectivity index (χ0) is 20.9. The molecule has 1 amide bonds. The van der Waals surface area contributed by atoms with Gasteiger partial charge in [0.1, 0.15) is 5.82 Å². The Morgan fingerprint density at radius 2 is 2.00 bits per heavy atom. The molecule has 7 heteroatoms. The maximum Gasteiger partial charge on any atom is 0.250 e. The molecule has 1 saturated heterocycles. The van der Waals surface area contributed by atoms with Gasteiger partial charge in [0.05, 0.1) is 17.4 Å². The van der Waals surface area contributed by atoms with Crippen LogP contribution < -0.4 is 16.4 Å². The zero-order valence-corrected chi connectivity index (χ0v) is 17.1. The number of benzene rings is 1. The van der Waals surface area contributed by atoms with Gasteiger partial charge in [-0.3, -0.25) is 4.79 Å². The molecule has 5 N–H and O–H groups in total. The van der Waals surface area contributed by atoms with E-state index in [1.54, 1.807) is 12.1 Å². The van der Waals surface area contributed by atoms with Crippen LogP contribution in [0.3, 0.4) is 0 Å². The second kappa shape index (κ2) is 9.55. The summed E-state index contributed by atoms with van der Waals surface area (Å²) in [5.74, 6) is 0.732. The molecule has 160 valence electrons. The SMILES string of the molecule is NC(=O)c1ccc(NCC2CCOCC2)nc1C[C@@H](O)[C@@H]1Cc2ccccc2CN1. The molecule has 1 aromatic carbocycles. The second-order valence-electron chi connectivity index (χ2n) is 8.22. The number of fused-ring (bicyclic) bond motifs is 1. The molecule has 3 heterocycles. The number of hydrogen-bond acceptors (Lipinski definition) is 6. The monoisotopic (exact) mass is 410 g/mol. The number of amides is 1. The van der Waals surface area contributed by atoms with Crippen LogP contribution in [0.15, 0.2) is 36.4 Å². The van der Waals surface area contributed by atoms with Gasteiger partial charge in [-0.15, -0.1) is 0 Å². The highest BCUT2D eigenvalue weighted by Crippen LogP contribution is 2.21. The van der Waals surface area contributed by atoms with Gasteiger partial charge in [-0.2, -0.15) is 0 Å². The molecule has 0 bridgehead atoms. The van der Waals surface area contributed by atoms with Crippen molar-refractivity contribution >= 4 is 11.7 Å². The molecule has 1 fully saturated rings. The van der Waals surface area contributed by atoms with Crippen molar-refractivity contribution in [2.45, 2.75) is 44.4 Å².